The molecular weight excluding hydrogens is 321 g/mol. The highest BCUT2D eigenvalue weighted by Gasteiger charge is 2.23. The molecule has 2 N–H and O–H groups in total. The number of aryl methyl sites for hydroxylation is 1. The molecule has 0 aliphatic carbocycles. The molecule has 0 saturated carbocycles. The van der Waals surface area contributed by atoms with E-state index in [1.54, 1.807) is 7.05 Å². The summed E-state index contributed by atoms with van der Waals surface area (Å²) in [6.07, 6.45) is -0.933. The van der Waals surface area contributed by atoms with Crippen molar-refractivity contribution in [3.05, 3.63) is 52.1 Å². The summed E-state index contributed by atoms with van der Waals surface area (Å²) in [6, 6.07) is 5.47. The van der Waals surface area contributed by atoms with Crippen LogP contribution in [0.2, 0.25) is 5.15 Å². The zero-order chi connectivity index (χ0) is 17.1. The van der Waals surface area contributed by atoms with E-state index in [4.69, 9.17) is 11.6 Å². The van der Waals surface area contributed by atoms with Crippen molar-refractivity contribution in [2.24, 2.45) is 7.05 Å². The topological polar surface area (TPSA) is 67.2 Å². The first kappa shape index (κ1) is 17.4. The first-order chi connectivity index (χ1) is 10.8. The lowest BCUT2D eigenvalue weighted by molar-refractivity contribution is 0.0915. The number of nitrogens with zero attached hydrogens (tertiary/aromatic N) is 2. The van der Waals surface area contributed by atoms with Crippen LogP contribution in [-0.2, 0) is 7.05 Å². The van der Waals surface area contributed by atoms with Gasteiger partial charge in [-0.1, -0.05) is 37.6 Å². The first-order valence-corrected chi connectivity index (χ1v) is 7.63. The molecule has 0 saturated heterocycles. The van der Waals surface area contributed by atoms with Crippen molar-refractivity contribution < 1.29 is 14.3 Å². The second-order valence-electron chi connectivity index (χ2n) is 5.61. The molecule has 0 spiro atoms. The number of rotatable bonds is 5. The second kappa shape index (κ2) is 7.10. The molecule has 2 rings (SSSR count). The summed E-state index contributed by atoms with van der Waals surface area (Å²) >= 11 is 6.14. The maximum Gasteiger partial charge on any atom is 0.256 e. The summed E-state index contributed by atoms with van der Waals surface area (Å²) in [5.41, 5.74) is 1.44. The molecule has 5 nitrogen and oxygen atoms in total. The van der Waals surface area contributed by atoms with Crippen LogP contribution < -0.4 is 5.32 Å². The quantitative estimate of drug-likeness (QED) is 0.880. The molecule has 1 aromatic heterocycles. The Balaban J connectivity index is 2.09. The molecule has 0 radical (unpaired) electrons. The van der Waals surface area contributed by atoms with Crippen LogP contribution in [0.4, 0.5) is 4.39 Å². The van der Waals surface area contributed by atoms with E-state index in [1.807, 2.05) is 13.8 Å². The van der Waals surface area contributed by atoms with E-state index in [-0.39, 0.29) is 23.4 Å². The van der Waals surface area contributed by atoms with Gasteiger partial charge in [0.05, 0.1) is 17.4 Å². The van der Waals surface area contributed by atoms with Gasteiger partial charge in [0.25, 0.3) is 5.91 Å². The number of hydrogen-bond acceptors (Lipinski definition) is 3. The van der Waals surface area contributed by atoms with Crippen LogP contribution in [0.1, 0.15) is 47.5 Å². The van der Waals surface area contributed by atoms with Crippen LogP contribution in [0.5, 0.6) is 0 Å². The molecule has 124 valence electrons. The highest BCUT2D eigenvalue weighted by Crippen LogP contribution is 2.25. The highest BCUT2D eigenvalue weighted by atomic mass is 35.5. The molecule has 1 amide bonds. The minimum Gasteiger partial charge on any atom is -0.387 e. The molecule has 1 heterocycles. The number of carbonyl (C=O) groups is 1. The number of aliphatic hydroxyl groups is 1. The van der Waals surface area contributed by atoms with Gasteiger partial charge in [-0.15, -0.1) is 0 Å². The van der Waals surface area contributed by atoms with Crippen LogP contribution in [-0.4, -0.2) is 27.3 Å². The van der Waals surface area contributed by atoms with Crippen LogP contribution in [0, 0.1) is 5.82 Å². The van der Waals surface area contributed by atoms with Gasteiger partial charge in [-0.2, -0.15) is 5.10 Å². The average Bonchev–Trinajstić information content (AvgIpc) is 2.81. The van der Waals surface area contributed by atoms with Crippen LogP contribution in [0.15, 0.2) is 24.3 Å². The average molecular weight is 340 g/mol. The summed E-state index contributed by atoms with van der Waals surface area (Å²) < 4.78 is 14.3. The van der Waals surface area contributed by atoms with Crippen molar-refractivity contribution in [2.75, 3.05) is 6.54 Å². The van der Waals surface area contributed by atoms with Crippen LogP contribution >= 0.6 is 11.6 Å². The summed E-state index contributed by atoms with van der Waals surface area (Å²) in [6.45, 7) is 3.83. The molecule has 0 aliphatic rings. The summed E-state index contributed by atoms with van der Waals surface area (Å²) in [7, 11) is 1.67. The standard InChI is InChI=1S/C16H19ClFN3O2/c1-9(2)14-13(15(17)21(3)20-14)16(23)19-8-12(22)10-4-6-11(18)7-5-10/h4-7,9,12,22H,8H2,1-3H3,(H,19,23). The number of aromatic nitrogens is 2. The largest absolute Gasteiger partial charge is 0.387 e. The van der Waals surface area contributed by atoms with Crippen molar-refractivity contribution in [3.63, 3.8) is 0 Å². The number of hydrogen-bond donors (Lipinski definition) is 2. The smallest absolute Gasteiger partial charge is 0.256 e. The molecule has 0 aliphatic heterocycles. The second-order valence-corrected chi connectivity index (χ2v) is 5.96. The number of nitrogens with one attached hydrogen (secondary N) is 1. The lowest BCUT2D eigenvalue weighted by Crippen LogP contribution is -2.29. The van der Waals surface area contributed by atoms with E-state index in [0.29, 0.717) is 16.8 Å². The lowest BCUT2D eigenvalue weighted by atomic mass is 10.1. The van der Waals surface area contributed by atoms with E-state index in [9.17, 15) is 14.3 Å². The number of benzene rings is 1. The molecule has 1 atom stereocenters. The van der Waals surface area contributed by atoms with Crippen molar-refractivity contribution >= 4 is 17.5 Å². The summed E-state index contributed by atoms with van der Waals surface area (Å²) in [4.78, 5) is 12.4. The molecule has 2 aromatic rings. The van der Waals surface area contributed by atoms with Crippen molar-refractivity contribution in [1.82, 2.24) is 15.1 Å². The van der Waals surface area contributed by atoms with E-state index < -0.39 is 12.0 Å². The van der Waals surface area contributed by atoms with Crippen molar-refractivity contribution in [1.29, 1.82) is 0 Å². The molecule has 0 bridgehead atoms. The molecule has 1 unspecified atom stereocenters. The van der Waals surface area contributed by atoms with Gasteiger partial charge in [0.15, 0.2) is 0 Å². The fraction of sp³-hybridized carbons (Fsp3) is 0.375. The lowest BCUT2D eigenvalue weighted by Gasteiger charge is -2.13. The summed E-state index contributed by atoms with van der Waals surface area (Å²) in [5, 5.41) is 17.2. The number of halogens is 2. The van der Waals surface area contributed by atoms with Crippen LogP contribution in [0.3, 0.4) is 0 Å². The number of aliphatic hydroxyl groups excluding tert-OH is 1. The number of carbonyl (C=O) groups excluding carboxylic acids is 1. The first-order valence-electron chi connectivity index (χ1n) is 7.25. The number of amides is 1. The maximum atomic E-state index is 12.9. The van der Waals surface area contributed by atoms with Gasteiger partial charge in [0.1, 0.15) is 11.0 Å². The Labute approximate surface area is 139 Å². The van der Waals surface area contributed by atoms with Gasteiger partial charge in [0.2, 0.25) is 0 Å². The fourth-order valence-electron chi connectivity index (χ4n) is 2.22. The Bertz CT molecular complexity index is 698. The Hall–Kier alpha value is -1.92. The molecule has 7 heteroatoms. The van der Waals surface area contributed by atoms with Gasteiger partial charge >= 0.3 is 0 Å². The molecule has 0 fully saturated rings. The highest BCUT2D eigenvalue weighted by molar-refractivity contribution is 6.33. The van der Waals surface area contributed by atoms with Gasteiger partial charge < -0.3 is 10.4 Å². The SMILES string of the molecule is CC(C)c1nn(C)c(Cl)c1C(=O)NCC(O)c1ccc(F)cc1. The van der Waals surface area contributed by atoms with Gasteiger partial charge in [0, 0.05) is 13.6 Å². The van der Waals surface area contributed by atoms with Crippen molar-refractivity contribution in [2.45, 2.75) is 25.9 Å². The molecular formula is C16H19ClFN3O2. The minimum absolute atomic E-state index is 0.00672. The Morgan fingerprint density at radius 3 is 2.57 bits per heavy atom. The molecule has 23 heavy (non-hydrogen) atoms. The third-order valence-corrected chi connectivity index (χ3v) is 3.92. The predicted octanol–water partition coefficient (Wildman–Crippen LogP) is 2.80. The third-order valence-electron chi connectivity index (χ3n) is 3.49. The van der Waals surface area contributed by atoms with Crippen molar-refractivity contribution in [3.8, 4) is 0 Å². The van der Waals surface area contributed by atoms with E-state index in [1.165, 1.54) is 28.9 Å². The Morgan fingerprint density at radius 2 is 2.00 bits per heavy atom. The third kappa shape index (κ3) is 3.89. The normalized spacial score (nSPS) is 12.5. The molecule has 1 aromatic carbocycles. The van der Waals surface area contributed by atoms with E-state index in [2.05, 4.69) is 10.4 Å². The zero-order valence-electron chi connectivity index (χ0n) is 13.2. The Kier molecular flexibility index (Phi) is 5.38. The van der Waals surface area contributed by atoms with Crippen LogP contribution in [0.25, 0.3) is 0 Å². The van der Waals surface area contributed by atoms with E-state index >= 15 is 0 Å². The van der Waals surface area contributed by atoms with Gasteiger partial charge in [-0.25, -0.2) is 4.39 Å². The fourth-order valence-corrected chi connectivity index (χ4v) is 2.44. The monoisotopic (exact) mass is 339 g/mol. The summed E-state index contributed by atoms with van der Waals surface area (Å²) in [5.74, 6) is -0.738. The van der Waals surface area contributed by atoms with Gasteiger partial charge in [-0.3, -0.25) is 9.48 Å². The Morgan fingerprint density at radius 1 is 1.39 bits per heavy atom. The van der Waals surface area contributed by atoms with E-state index in [0.717, 1.165) is 0 Å². The maximum absolute atomic E-state index is 12.9. The zero-order valence-corrected chi connectivity index (χ0v) is 13.9. The minimum atomic E-state index is -0.933. The van der Waals surface area contributed by atoms with Gasteiger partial charge in [-0.05, 0) is 23.6 Å². The predicted molar refractivity (Wildman–Crippen MR) is 86.0 cm³/mol.